The highest BCUT2D eigenvalue weighted by atomic mass is 16.5. The average molecular weight is 493 g/mol. The molecule has 0 fully saturated rings. The van der Waals surface area contributed by atoms with E-state index in [9.17, 15) is 14.7 Å². The van der Waals surface area contributed by atoms with E-state index in [0.717, 1.165) is 28.5 Å². The fourth-order valence-corrected chi connectivity index (χ4v) is 4.71. The van der Waals surface area contributed by atoms with Gasteiger partial charge in [0.05, 0.1) is 19.8 Å². The molecule has 1 atom stereocenters. The second kappa shape index (κ2) is 9.26. The third-order valence-corrected chi connectivity index (χ3v) is 6.86. The highest BCUT2D eigenvalue weighted by Crippen LogP contribution is 2.41. The molecule has 4 rings (SSSR count). The SMILES string of the molecule is CC(C)(C)c1cc(C(=O)CN2Cc3cc4c(cc3C2=N)OCC(CC=O)CO4)cc(C(C)(C)C)c1O. The Kier molecular flexibility index (Phi) is 6.62. The van der Waals surface area contributed by atoms with Crippen molar-refractivity contribution in [2.45, 2.75) is 65.3 Å². The van der Waals surface area contributed by atoms with Crippen LogP contribution in [-0.2, 0) is 22.2 Å². The Hall–Kier alpha value is -3.35. The number of rotatable bonds is 5. The summed E-state index contributed by atoms with van der Waals surface area (Å²) < 4.78 is 11.8. The van der Waals surface area contributed by atoms with Gasteiger partial charge < -0.3 is 24.3 Å². The Morgan fingerprint density at radius 2 is 1.58 bits per heavy atom. The van der Waals surface area contributed by atoms with E-state index in [2.05, 4.69) is 0 Å². The molecular weight excluding hydrogens is 456 g/mol. The first-order valence-corrected chi connectivity index (χ1v) is 12.4. The zero-order valence-electron chi connectivity index (χ0n) is 22.0. The van der Waals surface area contributed by atoms with E-state index in [-0.39, 0.29) is 40.7 Å². The van der Waals surface area contributed by atoms with Gasteiger partial charge in [-0.2, -0.15) is 0 Å². The summed E-state index contributed by atoms with van der Waals surface area (Å²) in [5.74, 6) is 1.57. The average Bonchev–Trinajstić information content (AvgIpc) is 2.94. The minimum Gasteiger partial charge on any atom is -0.507 e. The molecule has 36 heavy (non-hydrogen) atoms. The summed E-state index contributed by atoms with van der Waals surface area (Å²) >= 11 is 0. The molecule has 7 nitrogen and oxygen atoms in total. The van der Waals surface area contributed by atoms with Gasteiger partial charge in [0.15, 0.2) is 17.3 Å². The number of hydrogen-bond donors (Lipinski definition) is 2. The molecule has 0 aromatic heterocycles. The highest BCUT2D eigenvalue weighted by Gasteiger charge is 2.32. The first kappa shape index (κ1) is 25.7. The van der Waals surface area contributed by atoms with Crippen molar-refractivity contribution < 1.29 is 24.2 Å². The van der Waals surface area contributed by atoms with E-state index in [0.29, 0.717) is 43.2 Å². The number of nitrogens with zero attached hydrogens (tertiary/aromatic N) is 1. The number of carbonyl (C=O) groups is 2. The van der Waals surface area contributed by atoms with E-state index in [1.807, 2.05) is 47.6 Å². The van der Waals surface area contributed by atoms with Crippen LogP contribution in [0, 0.1) is 11.3 Å². The summed E-state index contributed by atoms with van der Waals surface area (Å²) in [6.45, 7) is 13.4. The van der Waals surface area contributed by atoms with Crippen LogP contribution in [0.1, 0.15) is 80.6 Å². The van der Waals surface area contributed by atoms with Crippen LogP contribution in [0.15, 0.2) is 24.3 Å². The van der Waals surface area contributed by atoms with E-state index >= 15 is 0 Å². The van der Waals surface area contributed by atoms with Crippen molar-refractivity contribution in [2.75, 3.05) is 19.8 Å². The van der Waals surface area contributed by atoms with Crippen molar-refractivity contribution >= 4 is 17.9 Å². The fourth-order valence-electron chi connectivity index (χ4n) is 4.71. The molecule has 0 saturated carbocycles. The van der Waals surface area contributed by atoms with Crippen molar-refractivity contribution in [1.82, 2.24) is 4.90 Å². The summed E-state index contributed by atoms with van der Waals surface area (Å²) in [6.07, 6.45) is 1.26. The number of amidine groups is 1. The number of ketones is 1. The maximum atomic E-state index is 13.5. The van der Waals surface area contributed by atoms with Crippen molar-refractivity contribution in [3.63, 3.8) is 0 Å². The van der Waals surface area contributed by atoms with Crippen molar-refractivity contribution in [3.8, 4) is 17.2 Å². The van der Waals surface area contributed by atoms with Gasteiger partial charge in [-0.15, -0.1) is 0 Å². The number of aromatic hydroxyl groups is 1. The van der Waals surface area contributed by atoms with Gasteiger partial charge in [-0.05, 0) is 40.7 Å². The number of aldehydes is 1. The van der Waals surface area contributed by atoms with Gasteiger partial charge in [-0.25, -0.2) is 0 Å². The minimum absolute atomic E-state index is 0.000370. The third kappa shape index (κ3) is 4.97. The standard InChI is InChI=1S/C29H36N2O5/c1-28(2,3)21-9-18(10-22(26(21)34)29(4,5)6)23(33)14-31-13-19-11-24-25(12-20(19)27(31)30)36-16-17(7-8-32)15-35-24/h8-12,17,30,34H,7,13-16H2,1-6H3. The molecule has 1 unspecified atom stereocenters. The van der Waals surface area contributed by atoms with Gasteiger partial charge in [0.25, 0.3) is 0 Å². The van der Waals surface area contributed by atoms with Gasteiger partial charge in [0, 0.05) is 41.1 Å². The van der Waals surface area contributed by atoms with Gasteiger partial charge >= 0.3 is 0 Å². The molecule has 7 heteroatoms. The van der Waals surface area contributed by atoms with Crippen molar-refractivity contribution in [2.24, 2.45) is 5.92 Å². The lowest BCUT2D eigenvalue weighted by atomic mass is 9.78. The Morgan fingerprint density at radius 1 is 1.03 bits per heavy atom. The fraction of sp³-hybridized carbons (Fsp3) is 0.483. The zero-order chi connectivity index (χ0) is 26.4. The molecule has 0 aliphatic carbocycles. The molecule has 192 valence electrons. The molecule has 2 heterocycles. The number of ether oxygens (including phenoxy) is 2. The highest BCUT2D eigenvalue weighted by molar-refractivity contribution is 6.05. The topological polar surface area (TPSA) is 99.9 Å². The second-order valence-electron chi connectivity index (χ2n) is 11.9. The number of phenolic OH excluding ortho intramolecular Hbond substituents is 1. The molecule has 0 radical (unpaired) electrons. The van der Waals surface area contributed by atoms with Crippen LogP contribution in [0.4, 0.5) is 0 Å². The van der Waals surface area contributed by atoms with Gasteiger partial charge in [-0.3, -0.25) is 10.2 Å². The Morgan fingerprint density at radius 3 is 2.11 bits per heavy atom. The van der Waals surface area contributed by atoms with Crippen LogP contribution < -0.4 is 9.47 Å². The van der Waals surface area contributed by atoms with E-state index in [1.165, 1.54) is 0 Å². The number of fused-ring (bicyclic) bond motifs is 2. The predicted octanol–water partition coefficient (Wildman–Crippen LogP) is 4.99. The molecule has 0 spiro atoms. The Bertz CT molecular complexity index is 1180. The maximum Gasteiger partial charge on any atom is 0.182 e. The molecule has 0 bridgehead atoms. The van der Waals surface area contributed by atoms with Crippen LogP contribution in [-0.4, -0.2) is 47.7 Å². The third-order valence-electron chi connectivity index (χ3n) is 6.86. The summed E-state index contributed by atoms with van der Waals surface area (Å²) in [7, 11) is 0. The van der Waals surface area contributed by atoms with Crippen molar-refractivity contribution in [3.05, 3.63) is 52.1 Å². The van der Waals surface area contributed by atoms with Crippen LogP contribution >= 0.6 is 0 Å². The summed E-state index contributed by atoms with van der Waals surface area (Å²) in [5.41, 5.74) is 2.97. The van der Waals surface area contributed by atoms with Gasteiger partial charge in [0.2, 0.25) is 0 Å². The lowest BCUT2D eigenvalue weighted by molar-refractivity contribution is -0.109. The van der Waals surface area contributed by atoms with E-state index < -0.39 is 0 Å². The largest absolute Gasteiger partial charge is 0.507 e. The number of hydrogen-bond acceptors (Lipinski definition) is 6. The number of nitrogens with one attached hydrogen (secondary N) is 1. The number of benzene rings is 2. The molecule has 0 saturated heterocycles. The smallest absolute Gasteiger partial charge is 0.182 e. The minimum atomic E-state index is -0.334. The lowest BCUT2D eigenvalue weighted by Gasteiger charge is -2.28. The molecule has 2 aromatic carbocycles. The zero-order valence-corrected chi connectivity index (χ0v) is 22.0. The monoisotopic (exact) mass is 492 g/mol. The number of Topliss-reactive ketones (excluding diaryl/α,β-unsaturated/α-hetero) is 1. The van der Waals surface area contributed by atoms with Crippen LogP contribution in [0.5, 0.6) is 17.2 Å². The van der Waals surface area contributed by atoms with Crippen LogP contribution in [0.3, 0.4) is 0 Å². The number of phenols is 1. The van der Waals surface area contributed by atoms with Crippen LogP contribution in [0.2, 0.25) is 0 Å². The summed E-state index contributed by atoms with van der Waals surface area (Å²) in [4.78, 5) is 26.1. The Labute approximate surface area is 212 Å². The quantitative estimate of drug-likeness (QED) is 0.451. The molecule has 2 N–H and O–H groups in total. The second-order valence-corrected chi connectivity index (χ2v) is 11.9. The Balaban J connectivity index is 1.58. The number of carbonyl (C=O) groups excluding carboxylic acids is 2. The first-order chi connectivity index (χ1) is 16.8. The maximum absolute atomic E-state index is 13.5. The summed E-state index contributed by atoms with van der Waals surface area (Å²) in [5, 5.41) is 19.7. The first-order valence-electron chi connectivity index (χ1n) is 12.4. The van der Waals surface area contributed by atoms with Crippen molar-refractivity contribution in [1.29, 1.82) is 5.41 Å². The predicted molar refractivity (Wildman–Crippen MR) is 139 cm³/mol. The molecule has 2 aliphatic rings. The molecule has 0 amide bonds. The molecular formula is C29H36N2O5. The van der Waals surface area contributed by atoms with Gasteiger partial charge in [-0.1, -0.05) is 41.5 Å². The van der Waals surface area contributed by atoms with E-state index in [4.69, 9.17) is 14.9 Å². The van der Waals surface area contributed by atoms with Crippen LogP contribution in [0.25, 0.3) is 0 Å². The normalized spacial score (nSPS) is 17.6. The lowest BCUT2D eigenvalue weighted by Crippen LogP contribution is -2.30. The van der Waals surface area contributed by atoms with Gasteiger partial charge in [0.1, 0.15) is 17.9 Å². The summed E-state index contributed by atoms with van der Waals surface area (Å²) in [6, 6.07) is 7.26. The molecule has 2 aliphatic heterocycles. The molecule has 2 aromatic rings. The van der Waals surface area contributed by atoms with E-state index in [1.54, 1.807) is 23.1 Å².